The molecule has 0 fully saturated rings. The Morgan fingerprint density at radius 2 is 1.47 bits per heavy atom. The number of rotatable bonds is 11. The topological polar surface area (TPSA) is 113 Å². The van der Waals surface area contributed by atoms with Crippen molar-refractivity contribution in [2.45, 2.75) is 31.0 Å². The Hall–Kier alpha value is -2.53. The lowest BCUT2D eigenvalue weighted by molar-refractivity contribution is -0.116. The summed E-state index contributed by atoms with van der Waals surface area (Å²) in [6, 6.07) is 13.3. The molecule has 2 aromatic rings. The van der Waals surface area contributed by atoms with Gasteiger partial charge in [-0.3, -0.25) is 4.79 Å². The Labute approximate surface area is 190 Å². The summed E-state index contributed by atoms with van der Waals surface area (Å²) in [5.74, 6) is -0.403. The van der Waals surface area contributed by atoms with Crippen LogP contribution in [0.5, 0.6) is 0 Å². The number of benzene rings is 2. The van der Waals surface area contributed by atoms with E-state index in [1.807, 2.05) is 0 Å². The maximum Gasteiger partial charge on any atom is 0.244 e. The van der Waals surface area contributed by atoms with Crippen molar-refractivity contribution in [2.75, 3.05) is 20.1 Å². The van der Waals surface area contributed by atoms with E-state index in [9.17, 15) is 21.6 Å². The standard InChI is InChI=1S/C22H29N3O5S2/c1-4-25(5-2)32(29,30)21-13-10-18(11-14-21)12-15-22(26)24-16-19-6-8-20(9-7-19)17-31(27,28)23-3/h6-15,23H,4-5,16-17H2,1-3H3,(H,24,26)/b15-12+. The van der Waals surface area contributed by atoms with Gasteiger partial charge in [0.15, 0.2) is 0 Å². The van der Waals surface area contributed by atoms with Gasteiger partial charge in [-0.1, -0.05) is 50.2 Å². The SMILES string of the molecule is CCN(CC)S(=O)(=O)c1ccc(/C=C/C(=O)NCc2ccc(CS(=O)(=O)NC)cc2)cc1. The van der Waals surface area contributed by atoms with Crippen molar-refractivity contribution in [2.24, 2.45) is 0 Å². The second kappa shape index (κ2) is 11.4. The molecule has 0 saturated carbocycles. The van der Waals surface area contributed by atoms with Crippen LogP contribution < -0.4 is 10.0 Å². The number of carbonyl (C=O) groups excluding carboxylic acids is 1. The Kier molecular flexibility index (Phi) is 9.14. The number of nitrogens with one attached hydrogen (secondary N) is 2. The van der Waals surface area contributed by atoms with E-state index in [0.29, 0.717) is 30.8 Å². The van der Waals surface area contributed by atoms with Crippen LogP contribution in [0.2, 0.25) is 0 Å². The third-order valence-corrected chi connectivity index (χ3v) is 8.21. The van der Waals surface area contributed by atoms with Crippen LogP contribution in [0, 0.1) is 0 Å². The first-order chi connectivity index (χ1) is 15.1. The molecule has 0 bridgehead atoms. The van der Waals surface area contributed by atoms with Gasteiger partial charge in [0.1, 0.15) is 0 Å². The highest BCUT2D eigenvalue weighted by Crippen LogP contribution is 2.16. The fraction of sp³-hybridized carbons (Fsp3) is 0.318. The number of carbonyl (C=O) groups is 1. The molecule has 8 nitrogen and oxygen atoms in total. The van der Waals surface area contributed by atoms with Crippen molar-refractivity contribution in [1.29, 1.82) is 0 Å². The van der Waals surface area contributed by atoms with Crippen LogP contribution in [0.3, 0.4) is 0 Å². The van der Waals surface area contributed by atoms with Gasteiger partial charge in [-0.05, 0) is 41.9 Å². The van der Waals surface area contributed by atoms with Crippen LogP contribution in [0.1, 0.15) is 30.5 Å². The highest BCUT2D eigenvalue weighted by atomic mass is 32.2. The molecule has 0 aliphatic heterocycles. The molecule has 0 radical (unpaired) electrons. The smallest absolute Gasteiger partial charge is 0.244 e. The summed E-state index contributed by atoms with van der Waals surface area (Å²) in [4.78, 5) is 12.3. The van der Waals surface area contributed by atoms with E-state index in [-0.39, 0.29) is 16.6 Å². The quantitative estimate of drug-likeness (QED) is 0.479. The highest BCUT2D eigenvalue weighted by Gasteiger charge is 2.20. The zero-order valence-corrected chi connectivity index (χ0v) is 20.0. The Balaban J connectivity index is 1.92. The van der Waals surface area contributed by atoms with Gasteiger partial charge in [0.05, 0.1) is 10.6 Å². The van der Waals surface area contributed by atoms with Crippen LogP contribution in [0.15, 0.2) is 59.5 Å². The largest absolute Gasteiger partial charge is 0.348 e. The van der Waals surface area contributed by atoms with E-state index in [1.165, 1.54) is 29.6 Å². The van der Waals surface area contributed by atoms with Gasteiger partial charge in [-0.2, -0.15) is 4.31 Å². The molecule has 2 rings (SSSR count). The minimum absolute atomic E-state index is 0.103. The lowest BCUT2D eigenvalue weighted by atomic mass is 10.1. The average molecular weight is 480 g/mol. The van der Waals surface area contributed by atoms with Gasteiger partial charge in [0, 0.05) is 25.7 Å². The third-order valence-electron chi connectivity index (χ3n) is 4.81. The second-order valence-corrected chi connectivity index (χ2v) is 10.9. The molecule has 174 valence electrons. The molecule has 0 aliphatic rings. The van der Waals surface area contributed by atoms with Crippen molar-refractivity contribution in [3.63, 3.8) is 0 Å². The summed E-state index contributed by atoms with van der Waals surface area (Å²) < 4.78 is 51.8. The fourth-order valence-corrected chi connectivity index (χ4v) is 5.16. The molecule has 0 spiro atoms. The first-order valence-corrected chi connectivity index (χ1v) is 13.3. The minimum Gasteiger partial charge on any atom is -0.348 e. The van der Waals surface area contributed by atoms with Gasteiger partial charge in [-0.25, -0.2) is 21.6 Å². The van der Waals surface area contributed by atoms with Crippen molar-refractivity contribution < 1.29 is 21.6 Å². The molecule has 0 saturated heterocycles. The van der Waals surface area contributed by atoms with Gasteiger partial charge >= 0.3 is 0 Å². The van der Waals surface area contributed by atoms with Crippen LogP contribution in [-0.2, 0) is 37.1 Å². The molecule has 0 atom stereocenters. The van der Waals surface area contributed by atoms with Gasteiger partial charge in [-0.15, -0.1) is 0 Å². The van der Waals surface area contributed by atoms with E-state index in [4.69, 9.17) is 0 Å². The van der Waals surface area contributed by atoms with E-state index in [2.05, 4.69) is 10.0 Å². The normalized spacial score (nSPS) is 12.4. The fourth-order valence-electron chi connectivity index (χ4n) is 2.93. The first kappa shape index (κ1) is 25.7. The van der Waals surface area contributed by atoms with Crippen LogP contribution in [0.4, 0.5) is 0 Å². The molecular weight excluding hydrogens is 450 g/mol. The Morgan fingerprint density at radius 1 is 0.906 bits per heavy atom. The summed E-state index contributed by atoms with van der Waals surface area (Å²) >= 11 is 0. The first-order valence-electron chi connectivity index (χ1n) is 10.2. The molecule has 0 aromatic heterocycles. The van der Waals surface area contributed by atoms with E-state index in [0.717, 1.165) is 5.56 Å². The predicted octanol–water partition coefficient (Wildman–Crippen LogP) is 2.10. The number of hydrogen-bond donors (Lipinski definition) is 2. The third kappa shape index (κ3) is 7.27. The maximum atomic E-state index is 12.5. The molecule has 32 heavy (non-hydrogen) atoms. The van der Waals surface area contributed by atoms with Crippen molar-refractivity contribution in [3.05, 3.63) is 71.3 Å². The van der Waals surface area contributed by atoms with Crippen molar-refractivity contribution in [1.82, 2.24) is 14.3 Å². The Bertz CT molecular complexity index is 1140. The second-order valence-electron chi connectivity index (χ2n) is 6.99. The average Bonchev–Trinajstić information content (AvgIpc) is 2.78. The zero-order chi connectivity index (χ0) is 23.8. The summed E-state index contributed by atoms with van der Waals surface area (Å²) in [6.07, 6.45) is 2.98. The van der Waals surface area contributed by atoms with E-state index in [1.54, 1.807) is 56.3 Å². The van der Waals surface area contributed by atoms with Crippen LogP contribution >= 0.6 is 0 Å². The molecule has 10 heteroatoms. The number of amides is 1. The van der Waals surface area contributed by atoms with Crippen LogP contribution in [0.25, 0.3) is 6.08 Å². The summed E-state index contributed by atoms with van der Waals surface area (Å²) in [6.45, 7) is 4.68. The summed E-state index contributed by atoms with van der Waals surface area (Å²) in [7, 11) is -5.47. The molecule has 0 heterocycles. The molecule has 2 N–H and O–H groups in total. The van der Waals surface area contributed by atoms with E-state index < -0.39 is 20.0 Å². The highest BCUT2D eigenvalue weighted by molar-refractivity contribution is 7.89. The molecule has 2 aromatic carbocycles. The van der Waals surface area contributed by atoms with Crippen LogP contribution in [-0.4, -0.2) is 47.2 Å². The number of nitrogens with zero attached hydrogens (tertiary/aromatic N) is 1. The van der Waals surface area contributed by atoms with Gasteiger partial charge in [0.2, 0.25) is 26.0 Å². The minimum atomic E-state index is -3.51. The maximum absolute atomic E-state index is 12.5. The van der Waals surface area contributed by atoms with E-state index >= 15 is 0 Å². The molecule has 0 aliphatic carbocycles. The number of hydrogen-bond acceptors (Lipinski definition) is 5. The zero-order valence-electron chi connectivity index (χ0n) is 18.4. The van der Waals surface area contributed by atoms with Crippen molar-refractivity contribution >= 4 is 32.0 Å². The van der Waals surface area contributed by atoms with Gasteiger partial charge < -0.3 is 5.32 Å². The van der Waals surface area contributed by atoms with Gasteiger partial charge in [0.25, 0.3) is 0 Å². The predicted molar refractivity (Wildman–Crippen MR) is 126 cm³/mol. The molecular formula is C22H29N3O5S2. The summed E-state index contributed by atoms with van der Waals surface area (Å²) in [5, 5.41) is 2.75. The number of sulfonamides is 2. The summed E-state index contributed by atoms with van der Waals surface area (Å²) in [5.41, 5.74) is 2.19. The molecule has 1 amide bonds. The lowest BCUT2D eigenvalue weighted by Gasteiger charge is -2.18. The Morgan fingerprint density at radius 3 is 2.00 bits per heavy atom. The van der Waals surface area contributed by atoms with Crippen molar-refractivity contribution in [3.8, 4) is 0 Å². The lowest BCUT2D eigenvalue weighted by Crippen LogP contribution is -2.30. The monoisotopic (exact) mass is 479 g/mol. The molecule has 0 unspecified atom stereocenters.